The first-order valence-corrected chi connectivity index (χ1v) is 7.86. The van der Waals surface area contributed by atoms with E-state index in [0.29, 0.717) is 6.04 Å². The molecule has 0 aliphatic rings. The number of hydrogen-bond donors (Lipinski definition) is 1. The zero-order valence-corrected chi connectivity index (χ0v) is 14.1. The van der Waals surface area contributed by atoms with Gasteiger partial charge in [0.05, 0.1) is 0 Å². The number of nitrogens with one attached hydrogen (secondary N) is 1. The number of halogens is 1. The summed E-state index contributed by atoms with van der Waals surface area (Å²) >= 11 is 0. The number of nitrogens with zero attached hydrogens (tertiary/aromatic N) is 2. The van der Waals surface area contributed by atoms with Crippen molar-refractivity contribution in [3.05, 3.63) is 35.6 Å². The Morgan fingerprint density at radius 2 is 1.81 bits per heavy atom. The average Bonchev–Trinajstić information content (AvgIpc) is 2.43. The van der Waals surface area contributed by atoms with Gasteiger partial charge in [-0.25, -0.2) is 4.39 Å². The third-order valence-electron chi connectivity index (χ3n) is 3.81. The lowest BCUT2D eigenvalue weighted by Gasteiger charge is -2.33. The van der Waals surface area contributed by atoms with Gasteiger partial charge in [0.25, 0.3) is 0 Å². The summed E-state index contributed by atoms with van der Waals surface area (Å²) in [5.41, 5.74) is 0.759. The zero-order valence-electron chi connectivity index (χ0n) is 14.1. The van der Waals surface area contributed by atoms with Crippen molar-refractivity contribution in [3.8, 4) is 0 Å². The van der Waals surface area contributed by atoms with Crippen molar-refractivity contribution in [2.24, 2.45) is 0 Å². The van der Waals surface area contributed by atoms with E-state index in [4.69, 9.17) is 0 Å². The van der Waals surface area contributed by atoms with Crippen LogP contribution >= 0.6 is 0 Å². The van der Waals surface area contributed by atoms with E-state index in [1.54, 1.807) is 12.1 Å². The highest BCUT2D eigenvalue weighted by atomic mass is 19.1. The van der Waals surface area contributed by atoms with Crippen LogP contribution in [0.3, 0.4) is 0 Å². The first kappa shape index (κ1) is 18.1. The average molecular weight is 295 g/mol. The first-order valence-electron chi connectivity index (χ1n) is 7.86. The lowest BCUT2D eigenvalue weighted by molar-refractivity contribution is 0.164. The van der Waals surface area contributed by atoms with E-state index >= 15 is 0 Å². The van der Waals surface area contributed by atoms with E-state index in [9.17, 15) is 4.39 Å². The van der Waals surface area contributed by atoms with Gasteiger partial charge < -0.3 is 10.2 Å². The molecule has 21 heavy (non-hydrogen) atoms. The molecule has 0 saturated carbocycles. The van der Waals surface area contributed by atoms with Gasteiger partial charge >= 0.3 is 0 Å². The summed E-state index contributed by atoms with van der Waals surface area (Å²) in [7, 11) is 4.17. The van der Waals surface area contributed by atoms with E-state index in [2.05, 4.69) is 50.0 Å². The maximum absolute atomic E-state index is 14.1. The molecule has 1 rings (SSSR count). The van der Waals surface area contributed by atoms with E-state index in [1.165, 1.54) is 0 Å². The fraction of sp³-hybridized carbons (Fsp3) is 0.647. The number of hydrogen-bond acceptors (Lipinski definition) is 3. The maximum Gasteiger partial charge on any atom is 0.128 e. The topological polar surface area (TPSA) is 18.5 Å². The molecular weight excluding hydrogens is 265 g/mol. The molecule has 0 aromatic heterocycles. The highest BCUT2D eigenvalue weighted by Gasteiger charge is 2.21. The molecule has 0 fully saturated rings. The van der Waals surface area contributed by atoms with Crippen LogP contribution in [0.1, 0.15) is 32.4 Å². The molecule has 1 aromatic rings. The van der Waals surface area contributed by atoms with Gasteiger partial charge in [0.15, 0.2) is 0 Å². The van der Waals surface area contributed by atoms with Gasteiger partial charge in [0.2, 0.25) is 0 Å². The van der Waals surface area contributed by atoms with Crippen LogP contribution in [-0.4, -0.2) is 56.1 Å². The molecule has 0 amide bonds. The predicted molar refractivity (Wildman–Crippen MR) is 88.1 cm³/mol. The molecule has 0 aliphatic heterocycles. The summed E-state index contributed by atoms with van der Waals surface area (Å²) in [6.07, 6.45) is 0. The van der Waals surface area contributed by atoms with E-state index < -0.39 is 0 Å². The van der Waals surface area contributed by atoms with Crippen molar-refractivity contribution in [3.63, 3.8) is 0 Å². The maximum atomic E-state index is 14.1. The third-order valence-corrected chi connectivity index (χ3v) is 3.81. The highest BCUT2D eigenvalue weighted by molar-refractivity contribution is 5.21. The van der Waals surface area contributed by atoms with Crippen LogP contribution in [0.5, 0.6) is 0 Å². The predicted octanol–water partition coefficient (Wildman–Crippen LogP) is 2.75. The third kappa shape index (κ3) is 5.73. The standard InChI is InChI=1S/C17H30FN3/c1-6-19-17(15-10-8-9-11-16(15)18)13-21(7-2)14(3)12-20(4)5/h8-11,14,17,19H,6-7,12-13H2,1-5H3. The molecule has 0 radical (unpaired) electrons. The molecule has 1 aromatic carbocycles. The van der Waals surface area contributed by atoms with E-state index in [1.807, 2.05) is 12.1 Å². The molecular formula is C17H30FN3. The molecule has 2 unspecified atom stereocenters. The molecule has 0 bridgehead atoms. The van der Waals surface area contributed by atoms with Gasteiger partial charge in [-0.3, -0.25) is 4.90 Å². The normalized spacial score (nSPS) is 14.7. The molecule has 4 heteroatoms. The summed E-state index contributed by atoms with van der Waals surface area (Å²) in [4.78, 5) is 4.60. The molecule has 0 heterocycles. The minimum atomic E-state index is -0.125. The van der Waals surface area contributed by atoms with Crippen molar-refractivity contribution in [2.75, 3.05) is 40.3 Å². The van der Waals surface area contributed by atoms with Gasteiger partial charge in [-0.1, -0.05) is 32.0 Å². The van der Waals surface area contributed by atoms with Gasteiger partial charge in [0.1, 0.15) is 5.82 Å². The minimum absolute atomic E-state index is 0.0285. The summed E-state index contributed by atoms with van der Waals surface area (Å²) in [5, 5.41) is 3.42. The summed E-state index contributed by atoms with van der Waals surface area (Å²) in [6, 6.07) is 7.54. The second kappa shape index (κ2) is 9.13. The van der Waals surface area contributed by atoms with Crippen LogP contribution in [0.15, 0.2) is 24.3 Å². The number of likely N-dealkylation sites (N-methyl/N-ethyl adjacent to an activating group) is 3. The lowest BCUT2D eigenvalue weighted by atomic mass is 10.0. The van der Waals surface area contributed by atoms with E-state index in [0.717, 1.165) is 31.7 Å². The van der Waals surface area contributed by atoms with Crippen molar-refractivity contribution < 1.29 is 4.39 Å². The summed E-state index contributed by atoms with van der Waals surface area (Å²) in [6.45, 7) is 10.1. The summed E-state index contributed by atoms with van der Waals surface area (Å²) in [5.74, 6) is -0.125. The molecule has 2 atom stereocenters. The Hall–Kier alpha value is -0.970. The summed E-state index contributed by atoms with van der Waals surface area (Å²) < 4.78 is 14.1. The molecule has 0 spiro atoms. The van der Waals surface area contributed by atoms with Crippen molar-refractivity contribution >= 4 is 0 Å². The molecule has 0 saturated heterocycles. The van der Waals surface area contributed by atoms with Gasteiger partial charge in [0, 0.05) is 30.7 Å². The fourth-order valence-corrected chi connectivity index (χ4v) is 2.78. The van der Waals surface area contributed by atoms with Crippen molar-refractivity contribution in [1.82, 2.24) is 15.1 Å². The monoisotopic (exact) mass is 295 g/mol. The Morgan fingerprint density at radius 3 is 2.33 bits per heavy atom. The molecule has 3 nitrogen and oxygen atoms in total. The zero-order chi connectivity index (χ0) is 15.8. The van der Waals surface area contributed by atoms with E-state index in [-0.39, 0.29) is 11.9 Å². The highest BCUT2D eigenvalue weighted by Crippen LogP contribution is 2.19. The largest absolute Gasteiger partial charge is 0.309 e. The van der Waals surface area contributed by atoms with Crippen molar-refractivity contribution in [2.45, 2.75) is 32.9 Å². The SMILES string of the molecule is CCNC(CN(CC)C(C)CN(C)C)c1ccccc1F. The Morgan fingerprint density at radius 1 is 1.14 bits per heavy atom. The smallest absolute Gasteiger partial charge is 0.128 e. The minimum Gasteiger partial charge on any atom is -0.309 e. The van der Waals surface area contributed by atoms with Crippen LogP contribution in [0.4, 0.5) is 4.39 Å². The number of benzene rings is 1. The van der Waals surface area contributed by atoms with Crippen molar-refractivity contribution in [1.29, 1.82) is 0 Å². The Kier molecular flexibility index (Phi) is 7.86. The van der Waals surface area contributed by atoms with Crippen LogP contribution in [0, 0.1) is 5.82 Å². The molecule has 1 N–H and O–H groups in total. The Bertz CT molecular complexity index is 409. The second-order valence-corrected chi connectivity index (χ2v) is 5.83. The lowest BCUT2D eigenvalue weighted by Crippen LogP contribution is -2.44. The Balaban J connectivity index is 2.83. The van der Waals surface area contributed by atoms with Crippen LogP contribution in [0.2, 0.25) is 0 Å². The van der Waals surface area contributed by atoms with Gasteiger partial charge in [-0.05, 0) is 40.2 Å². The molecule has 0 aliphatic carbocycles. The van der Waals surface area contributed by atoms with Gasteiger partial charge in [-0.15, -0.1) is 0 Å². The van der Waals surface area contributed by atoms with Crippen LogP contribution in [0.25, 0.3) is 0 Å². The first-order chi connectivity index (χ1) is 9.99. The fourth-order valence-electron chi connectivity index (χ4n) is 2.78. The van der Waals surface area contributed by atoms with Gasteiger partial charge in [-0.2, -0.15) is 0 Å². The molecule has 120 valence electrons. The number of rotatable bonds is 9. The second-order valence-electron chi connectivity index (χ2n) is 5.83. The van der Waals surface area contributed by atoms with Crippen LogP contribution < -0.4 is 5.32 Å². The quantitative estimate of drug-likeness (QED) is 0.756. The van der Waals surface area contributed by atoms with Crippen LogP contribution in [-0.2, 0) is 0 Å². The Labute approximate surface area is 129 Å².